The second-order valence-electron chi connectivity index (χ2n) is 7.48. The van der Waals surface area contributed by atoms with Gasteiger partial charge in [-0.2, -0.15) is 5.10 Å². The van der Waals surface area contributed by atoms with Crippen LogP contribution < -0.4 is 5.32 Å². The maximum Gasteiger partial charge on any atom is 0.317 e. The van der Waals surface area contributed by atoms with Gasteiger partial charge in [0.2, 0.25) is 0 Å². The molecule has 4 rings (SSSR count). The molecule has 0 aliphatic carbocycles. The number of urea groups is 1. The fraction of sp³-hybridized carbons (Fsp3) is 0.429. The van der Waals surface area contributed by atoms with E-state index in [9.17, 15) is 4.79 Å². The Morgan fingerprint density at radius 2 is 2.14 bits per heavy atom. The summed E-state index contributed by atoms with van der Waals surface area (Å²) in [7, 11) is 0. The van der Waals surface area contributed by atoms with Crippen molar-refractivity contribution in [2.24, 2.45) is 0 Å². The molecule has 0 radical (unpaired) electrons. The van der Waals surface area contributed by atoms with Crippen LogP contribution in [0.1, 0.15) is 41.6 Å². The van der Waals surface area contributed by atoms with E-state index in [0.717, 1.165) is 47.8 Å². The molecule has 1 aromatic carbocycles. The Hall–Kier alpha value is -3.16. The Kier molecular flexibility index (Phi) is 5.59. The summed E-state index contributed by atoms with van der Waals surface area (Å²) in [4.78, 5) is 19.2. The fourth-order valence-corrected chi connectivity index (χ4v) is 3.82. The molecule has 1 aliphatic heterocycles. The number of aryl methyl sites for hydroxylation is 2. The van der Waals surface area contributed by atoms with E-state index in [1.807, 2.05) is 49.1 Å². The van der Waals surface area contributed by atoms with Crippen molar-refractivity contribution in [1.82, 2.24) is 30.6 Å². The van der Waals surface area contributed by atoms with Crippen LogP contribution in [0.25, 0.3) is 11.4 Å². The summed E-state index contributed by atoms with van der Waals surface area (Å²) in [5, 5.41) is 14.4. The summed E-state index contributed by atoms with van der Waals surface area (Å²) in [5.74, 6) is 2.52. The molecule has 3 heterocycles. The molecule has 2 N–H and O–H groups in total. The van der Waals surface area contributed by atoms with E-state index < -0.39 is 0 Å². The maximum absolute atomic E-state index is 12.6. The van der Waals surface area contributed by atoms with Gasteiger partial charge in [-0.05, 0) is 33.1 Å². The quantitative estimate of drug-likeness (QED) is 0.692. The molecule has 1 fully saturated rings. The number of rotatable bonds is 5. The topological polar surface area (TPSA) is 99.9 Å². The van der Waals surface area contributed by atoms with Crippen molar-refractivity contribution in [3.63, 3.8) is 0 Å². The summed E-state index contributed by atoms with van der Waals surface area (Å²) in [5.41, 5.74) is 2.94. The van der Waals surface area contributed by atoms with Crippen LogP contribution in [0.3, 0.4) is 0 Å². The van der Waals surface area contributed by atoms with Crippen LogP contribution in [0.5, 0.6) is 0 Å². The van der Waals surface area contributed by atoms with Gasteiger partial charge in [-0.15, -0.1) is 0 Å². The van der Waals surface area contributed by atoms with Crippen molar-refractivity contribution < 1.29 is 9.32 Å². The molecule has 152 valence electrons. The van der Waals surface area contributed by atoms with Crippen LogP contribution in [-0.4, -0.2) is 50.9 Å². The third-order valence-electron chi connectivity index (χ3n) is 5.46. The zero-order chi connectivity index (χ0) is 20.2. The number of hydrogen-bond donors (Lipinski definition) is 2. The van der Waals surface area contributed by atoms with Crippen molar-refractivity contribution in [3.05, 3.63) is 53.2 Å². The average molecular weight is 394 g/mol. The van der Waals surface area contributed by atoms with Gasteiger partial charge < -0.3 is 14.7 Å². The van der Waals surface area contributed by atoms with Gasteiger partial charge in [0.05, 0.1) is 5.69 Å². The second kappa shape index (κ2) is 8.46. The average Bonchev–Trinajstić information content (AvgIpc) is 3.37. The standard InChI is InChI=1S/C21H26N6O2/c1-14-18(15(2)29-26-14)10-11-22-21(28)27-12-6-9-17(13-27)20-23-19(24-25-20)16-7-4-3-5-8-16/h3-5,7-8,17H,6,9-13H2,1-2H3,(H,22,28)(H,23,24,25)/t17-/m0/s1. The molecule has 8 nitrogen and oxygen atoms in total. The number of carbonyl (C=O) groups excluding carboxylic acids is 1. The Balaban J connectivity index is 1.33. The number of nitrogens with one attached hydrogen (secondary N) is 2. The number of nitrogens with zero attached hydrogens (tertiary/aromatic N) is 4. The largest absolute Gasteiger partial charge is 0.361 e. The molecule has 1 saturated heterocycles. The molecule has 8 heteroatoms. The first-order valence-electron chi connectivity index (χ1n) is 10.0. The Bertz CT molecular complexity index is 945. The van der Waals surface area contributed by atoms with Crippen molar-refractivity contribution in [1.29, 1.82) is 0 Å². The third-order valence-corrected chi connectivity index (χ3v) is 5.46. The lowest BCUT2D eigenvalue weighted by atomic mass is 9.97. The molecular formula is C21H26N6O2. The van der Waals surface area contributed by atoms with Gasteiger partial charge in [-0.25, -0.2) is 9.78 Å². The van der Waals surface area contributed by atoms with Gasteiger partial charge in [0.25, 0.3) is 0 Å². The molecule has 2 aromatic heterocycles. The van der Waals surface area contributed by atoms with Gasteiger partial charge in [0.1, 0.15) is 11.6 Å². The van der Waals surface area contributed by atoms with Crippen molar-refractivity contribution in [2.75, 3.05) is 19.6 Å². The van der Waals surface area contributed by atoms with Crippen molar-refractivity contribution >= 4 is 6.03 Å². The van der Waals surface area contributed by atoms with E-state index in [4.69, 9.17) is 4.52 Å². The number of aromatic amines is 1. The zero-order valence-corrected chi connectivity index (χ0v) is 16.8. The Morgan fingerprint density at radius 3 is 2.90 bits per heavy atom. The first-order chi connectivity index (χ1) is 14.1. The highest BCUT2D eigenvalue weighted by molar-refractivity contribution is 5.74. The first kappa shape index (κ1) is 19.2. The minimum absolute atomic E-state index is 0.0377. The number of amides is 2. The first-order valence-corrected chi connectivity index (χ1v) is 10.0. The van der Waals surface area contributed by atoms with Gasteiger partial charge in [-0.3, -0.25) is 5.10 Å². The molecule has 1 atom stereocenters. The van der Waals surface area contributed by atoms with Crippen molar-refractivity contribution in [3.8, 4) is 11.4 Å². The third kappa shape index (κ3) is 4.31. The van der Waals surface area contributed by atoms with Crippen LogP contribution in [0.4, 0.5) is 4.79 Å². The summed E-state index contributed by atoms with van der Waals surface area (Å²) >= 11 is 0. The van der Waals surface area contributed by atoms with Gasteiger partial charge in [0, 0.05) is 36.7 Å². The second-order valence-corrected chi connectivity index (χ2v) is 7.48. The smallest absolute Gasteiger partial charge is 0.317 e. The summed E-state index contributed by atoms with van der Waals surface area (Å²) in [6, 6.07) is 9.87. The predicted molar refractivity (Wildman–Crippen MR) is 108 cm³/mol. The SMILES string of the molecule is Cc1noc(C)c1CCNC(=O)N1CCC[C@H](c2nc(-c3ccccc3)n[nH]2)C1. The summed E-state index contributed by atoms with van der Waals surface area (Å²) in [6.07, 6.45) is 2.66. The number of hydrogen-bond acceptors (Lipinski definition) is 5. The van der Waals surface area contributed by atoms with E-state index in [1.54, 1.807) is 0 Å². The van der Waals surface area contributed by atoms with E-state index >= 15 is 0 Å². The van der Waals surface area contributed by atoms with Crippen LogP contribution in [0.15, 0.2) is 34.9 Å². The number of benzene rings is 1. The van der Waals surface area contributed by atoms with Crippen LogP contribution in [0, 0.1) is 13.8 Å². The van der Waals surface area contributed by atoms with Gasteiger partial charge >= 0.3 is 6.03 Å². The van der Waals surface area contributed by atoms with Crippen molar-refractivity contribution in [2.45, 2.75) is 39.0 Å². The lowest BCUT2D eigenvalue weighted by Gasteiger charge is -2.31. The lowest BCUT2D eigenvalue weighted by Crippen LogP contribution is -2.45. The van der Waals surface area contributed by atoms with E-state index in [2.05, 4.69) is 25.7 Å². The van der Waals surface area contributed by atoms with Gasteiger partial charge in [0.15, 0.2) is 5.82 Å². The molecule has 0 saturated carbocycles. The highest BCUT2D eigenvalue weighted by Crippen LogP contribution is 2.26. The van der Waals surface area contributed by atoms with Crippen LogP contribution >= 0.6 is 0 Å². The minimum Gasteiger partial charge on any atom is -0.361 e. The molecule has 1 aliphatic rings. The predicted octanol–water partition coefficient (Wildman–Crippen LogP) is 3.21. The number of piperidine rings is 1. The highest BCUT2D eigenvalue weighted by Gasteiger charge is 2.27. The monoisotopic (exact) mass is 394 g/mol. The van der Waals surface area contributed by atoms with E-state index in [-0.39, 0.29) is 11.9 Å². The number of carbonyl (C=O) groups is 1. The van der Waals surface area contributed by atoms with Gasteiger partial charge in [-0.1, -0.05) is 35.5 Å². The van der Waals surface area contributed by atoms with Crippen LogP contribution in [-0.2, 0) is 6.42 Å². The number of H-pyrrole nitrogens is 1. The normalized spacial score (nSPS) is 16.8. The van der Waals surface area contributed by atoms with Crippen LogP contribution in [0.2, 0.25) is 0 Å². The molecule has 0 bridgehead atoms. The molecule has 3 aromatic rings. The molecule has 2 amide bonds. The lowest BCUT2D eigenvalue weighted by molar-refractivity contribution is 0.178. The Morgan fingerprint density at radius 1 is 1.31 bits per heavy atom. The zero-order valence-electron chi connectivity index (χ0n) is 16.8. The number of likely N-dealkylation sites (tertiary alicyclic amines) is 1. The minimum atomic E-state index is -0.0377. The molecular weight excluding hydrogens is 368 g/mol. The summed E-state index contributed by atoms with van der Waals surface area (Å²) in [6.45, 7) is 5.77. The highest BCUT2D eigenvalue weighted by atomic mass is 16.5. The van der Waals surface area contributed by atoms with E-state index in [0.29, 0.717) is 25.3 Å². The maximum atomic E-state index is 12.6. The molecule has 0 spiro atoms. The molecule has 0 unspecified atom stereocenters. The fourth-order valence-electron chi connectivity index (χ4n) is 3.82. The number of aromatic nitrogens is 4. The Labute approximate surface area is 169 Å². The summed E-state index contributed by atoms with van der Waals surface area (Å²) < 4.78 is 5.18. The molecule has 29 heavy (non-hydrogen) atoms. The van der Waals surface area contributed by atoms with E-state index in [1.165, 1.54) is 0 Å².